The van der Waals surface area contributed by atoms with Crippen LogP contribution < -0.4 is 0 Å². The summed E-state index contributed by atoms with van der Waals surface area (Å²) in [6.45, 7) is 10.9. The van der Waals surface area contributed by atoms with Gasteiger partial charge in [-0.15, -0.1) is 11.3 Å². The van der Waals surface area contributed by atoms with Crippen molar-refractivity contribution in [1.82, 2.24) is 0 Å². The Bertz CT molecular complexity index is 491. The molecule has 2 heteroatoms. The molecule has 1 aliphatic rings. The molecule has 0 radical (unpaired) electrons. The third-order valence-corrected chi connectivity index (χ3v) is 3.21. The zero-order valence-electron chi connectivity index (χ0n) is 13.2. The number of thiophene rings is 1. The van der Waals surface area contributed by atoms with Crippen molar-refractivity contribution in [3.63, 3.8) is 0 Å². The molecule has 0 saturated carbocycles. The van der Waals surface area contributed by atoms with Crippen LogP contribution in [0.25, 0.3) is 0 Å². The minimum atomic E-state index is 0.294. The van der Waals surface area contributed by atoms with E-state index in [4.69, 9.17) is 0 Å². The number of rotatable bonds is 0. The molecule has 2 heterocycles. The van der Waals surface area contributed by atoms with Gasteiger partial charge in [-0.05, 0) is 39.0 Å². The predicted molar refractivity (Wildman–Crippen MR) is 93.8 cm³/mol. The maximum absolute atomic E-state index is 4.17. The van der Waals surface area contributed by atoms with Crippen molar-refractivity contribution in [3.8, 4) is 11.8 Å². The van der Waals surface area contributed by atoms with Crippen molar-refractivity contribution in [3.05, 3.63) is 46.2 Å². The lowest BCUT2D eigenvalue weighted by molar-refractivity contribution is 0.844. The Labute approximate surface area is 128 Å². The molecule has 0 aromatic carbocycles. The second-order valence-corrected chi connectivity index (χ2v) is 5.14. The maximum Gasteiger partial charge on any atom is 0.0771 e. The molecule has 1 aliphatic heterocycles. The summed E-state index contributed by atoms with van der Waals surface area (Å²) in [7, 11) is 0. The van der Waals surface area contributed by atoms with Crippen molar-refractivity contribution in [2.75, 3.05) is 6.54 Å². The van der Waals surface area contributed by atoms with Gasteiger partial charge in [-0.1, -0.05) is 43.9 Å². The fourth-order valence-electron chi connectivity index (χ4n) is 1.24. The molecule has 1 unspecified atom stereocenters. The van der Waals surface area contributed by atoms with Gasteiger partial charge in [0.2, 0.25) is 0 Å². The fourth-order valence-corrected chi connectivity index (χ4v) is 1.97. The number of nitrogens with zero attached hydrogens (tertiary/aromatic N) is 1. The summed E-state index contributed by atoms with van der Waals surface area (Å²) < 4.78 is 0. The molecule has 0 bridgehead atoms. The highest BCUT2D eigenvalue weighted by Gasteiger charge is 2.00. The van der Waals surface area contributed by atoms with Crippen molar-refractivity contribution >= 4 is 17.6 Å². The average Bonchev–Trinajstić information content (AvgIpc) is 2.94. The smallest absolute Gasteiger partial charge is 0.0771 e. The monoisotopic (exact) mass is 287 g/mol. The molecule has 0 N–H and O–H groups in total. The Morgan fingerprint density at radius 3 is 2.40 bits per heavy atom. The van der Waals surface area contributed by atoms with Crippen molar-refractivity contribution in [2.24, 2.45) is 10.9 Å². The number of aryl methyl sites for hydroxylation is 1. The number of hydrogen-bond acceptors (Lipinski definition) is 2. The fraction of sp³-hybridized carbons (Fsp3) is 0.389. The minimum absolute atomic E-state index is 0.294. The summed E-state index contributed by atoms with van der Waals surface area (Å²) >= 11 is 1.74. The Balaban J connectivity index is 0.000000521. The average molecular weight is 287 g/mol. The molecule has 20 heavy (non-hydrogen) atoms. The first-order valence-electron chi connectivity index (χ1n) is 7.08. The van der Waals surface area contributed by atoms with Gasteiger partial charge in [-0.3, -0.25) is 4.99 Å². The standard InChI is InChI=1S/C12H11NS.C4H8.C2H6/c1-10-4-6-12(14-10)7-5-11-3-2-8-13-9-11;1-3-4-2;1-2/h2-4,6,8,11H,9H2,1H3;3-4H,1-2H3;1-2H3/b;4-3-;. The van der Waals surface area contributed by atoms with E-state index in [2.05, 4.69) is 42.0 Å². The predicted octanol–water partition coefficient (Wildman–Crippen LogP) is 5.27. The van der Waals surface area contributed by atoms with Gasteiger partial charge in [-0.2, -0.15) is 0 Å². The van der Waals surface area contributed by atoms with Crippen LogP contribution in [0.3, 0.4) is 0 Å². The summed E-state index contributed by atoms with van der Waals surface area (Å²) in [4.78, 5) is 6.62. The summed E-state index contributed by atoms with van der Waals surface area (Å²) in [6, 6.07) is 4.17. The van der Waals surface area contributed by atoms with Gasteiger partial charge in [0.1, 0.15) is 0 Å². The first-order valence-corrected chi connectivity index (χ1v) is 7.89. The van der Waals surface area contributed by atoms with E-state index in [0.29, 0.717) is 5.92 Å². The van der Waals surface area contributed by atoms with Gasteiger partial charge < -0.3 is 0 Å². The number of dihydropyridines is 1. The van der Waals surface area contributed by atoms with Crippen LogP contribution in [-0.4, -0.2) is 12.8 Å². The second kappa shape index (κ2) is 12.4. The van der Waals surface area contributed by atoms with Crippen LogP contribution in [-0.2, 0) is 0 Å². The summed E-state index contributed by atoms with van der Waals surface area (Å²) in [5.41, 5.74) is 0. The van der Waals surface area contributed by atoms with Crippen molar-refractivity contribution in [2.45, 2.75) is 34.6 Å². The molecule has 0 amide bonds. The molecule has 0 fully saturated rings. The lowest BCUT2D eigenvalue weighted by Crippen LogP contribution is -2.01. The largest absolute Gasteiger partial charge is 0.292 e. The van der Waals surface area contributed by atoms with Crippen molar-refractivity contribution < 1.29 is 0 Å². The van der Waals surface area contributed by atoms with Crippen LogP contribution >= 0.6 is 11.3 Å². The first-order chi connectivity index (χ1) is 9.76. The van der Waals surface area contributed by atoms with Gasteiger partial charge in [0.25, 0.3) is 0 Å². The molecule has 0 spiro atoms. The third-order valence-electron chi connectivity index (χ3n) is 2.29. The second-order valence-electron chi connectivity index (χ2n) is 3.85. The highest BCUT2D eigenvalue weighted by atomic mass is 32.1. The Morgan fingerprint density at radius 2 is 1.95 bits per heavy atom. The summed E-state index contributed by atoms with van der Waals surface area (Å²) in [5, 5.41) is 0. The highest BCUT2D eigenvalue weighted by Crippen LogP contribution is 2.13. The Morgan fingerprint density at radius 1 is 1.25 bits per heavy atom. The Hall–Kier alpha value is -1.59. The molecule has 1 nitrogen and oxygen atoms in total. The molecule has 1 aromatic rings. The zero-order chi connectivity index (χ0) is 15.2. The zero-order valence-corrected chi connectivity index (χ0v) is 14.0. The van der Waals surface area contributed by atoms with Crippen LogP contribution in [0.5, 0.6) is 0 Å². The van der Waals surface area contributed by atoms with E-state index in [1.54, 1.807) is 11.3 Å². The van der Waals surface area contributed by atoms with Gasteiger partial charge >= 0.3 is 0 Å². The topological polar surface area (TPSA) is 12.4 Å². The highest BCUT2D eigenvalue weighted by molar-refractivity contribution is 7.12. The lowest BCUT2D eigenvalue weighted by atomic mass is 10.1. The lowest BCUT2D eigenvalue weighted by Gasteiger charge is -2.02. The van der Waals surface area contributed by atoms with E-state index in [9.17, 15) is 0 Å². The number of allylic oxidation sites excluding steroid dienone is 3. The third kappa shape index (κ3) is 8.50. The molecule has 1 aromatic heterocycles. The van der Waals surface area contributed by atoms with E-state index in [1.165, 1.54) is 4.88 Å². The van der Waals surface area contributed by atoms with Gasteiger partial charge in [-0.25, -0.2) is 0 Å². The summed E-state index contributed by atoms with van der Waals surface area (Å²) in [6.07, 6.45) is 9.89. The van der Waals surface area contributed by atoms with Crippen LogP contribution in [0.1, 0.15) is 37.4 Å². The van der Waals surface area contributed by atoms with E-state index < -0.39 is 0 Å². The van der Waals surface area contributed by atoms with Crippen molar-refractivity contribution in [1.29, 1.82) is 0 Å². The molecule has 0 aliphatic carbocycles. The van der Waals surface area contributed by atoms with E-state index in [-0.39, 0.29) is 0 Å². The van der Waals surface area contributed by atoms with Crippen LogP contribution in [0.2, 0.25) is 0 Å². The summed E-state index contributed by atoms with van der Waals surface area (Å²) in [5.74, 6) is 6.68. The van der Waals surface area contributed by atoms with E-state index in [1.807, 2.05) is 52.1 Å². The van der Waals surface area contributed by atoms with E-state index >= 15 is 0 Å². The van der Waals surface area contributed by atoms with Crippen LogP contribution in [0.15, 0.2) is 41.4 Å². The molecule has 0 saturated heterocycles. The van der Waals surface area contributed by atoms with Gasteiger partial charge in [0, 0.05) is 11.1 Å². The number of aliphatic imine (C=N–C) groups is 1. The molecule has 108 valence electrons. The molecule has 2 rings (SSSR count). The minimum Gasteiger partial charge on any atom is -0.292 e. The number of hydrogen-bond donors (Lipinski definition) is 0. The molecular formula is C18H25NS. The maximum atomic E-state index is 4.17. The van der Waals surface area contributed by atoms with Crippen LogP contribution in [0, 0.1) is 24.7 Å². The normalized spacial score (nSPS) is 15.6. The van der Waals surface area contributed by atoms with Gasteiger partial charge in [0.15, 0.2) is 0 Å². The van der Waals surface area contributed by atoms with E-state index in [0.717, 1.165) is 11.4 Å². The first kappa shape index (κ1) is 18.4. The molecular weight excluding hydrogens is 262 g/mol. The van der Waals surface area contributed by atoms with Crippen LogP contribution in [0.4, 0.5) is 0 Å². The Kier molecular flexibility index (Phi) is 11.5. The SMILES string of the molecule is C/C=C\C.CC.Cc1ccc(C#CC2C=CC=NC2)s1. The quantitative estimate of drug-likeness (QED) is 0.455. The molecule has 1 atom stereocenters. The van der Waals surface area contributed by atoms with Gasteiger partial charge in [0.05, 0.1) is 17.3 Å².